The van der Waals surface area contributed by atoms with Crippen LogP contribution in [0.2, 0.25) is 5.02 Å². The number of thioether (sulfide) groups is 1. The number of hydrogen-bond acceptors (Lipinski definition) is 4. The van der Waals surface area contributed by atoms with E-state index in [2.05, 4.69) is 10.3 Å². The Morgan fingerprint density at radius 3 is 2.83 bits per heavy atom. The molecule has 3 nitrogen and oxygen atoms in total. The molecule has 0 unspecified atom stereocenters. The van der Waals surface area contributed by atoms with Gasteiger partial charge in [0.2, 0.25) is 5.91 Å². The number of benzene rings is 1. The van der Waals surface area contributed by atoms with Gasteiger partial charge in [0.05, 0.1) is 5.69 Å². The largest absolute Gasteiger partial charge is 0.302 e. The summed E-state index contributed by atoms with van der Waals surface area (Å²) in [6.45, 7) is 0. The number of anilines is 1. The van der Waals surface area contributed by atoms with Gasteiger partial charge in [0, 0.05) is 21.2 Å². The van der Waals surface area contributed by atoms with Gasteiger partial charge in [0.25, 0.3) is 0 Å². The lowest BCUT2D eigenvalue weighted by Gasteiger charge is -2.06. The smallest absolute Gasteiger partial charge is 0.226 e. The van der Waals surface area contributed by atoms with Crippen LogP contribution in [-0.4, -0.2) is 16.6 Å². The summed E-state index contributed by atoms with van der Waals surface area (Å²) in [5.74, 6) is 0.983. The molecular formula is C17H19ClN2OS2. The Bertz CT molecular complexity index is 646. The van der Waals surface area contributed by atoms with Crippen molar-refractivity contribution in [3.8, 4) is 0 Å². The first-order chi connectivity index (χ1) is 11.2. The maximum Gasteiger partial charge on any atom is 0.226 e. The van der Waals surface area contributed by atoms with Gasteiger partial charge < -0.3 is 5.32 Å². The van der Waals surface area contributed by atoms with Gasteiger partial charge in [0.1, 0.15) is 0 Å². The number of thiazole rings is 1. The number of fused-ring (bicyclic) bond motifs is 1. The van der Waals surface area contributed by atoms with Crippen LogP contribution < -0.4 is 5.32 Å². The molecule has 0 saturated carbocycles. The Morgan fingerprint density at radius 1 is 1.26 bits per heavy atom. The van der Waals surface area contributed by atoms with Gasteiger partial charge in [0.15, 0.2) is 5.13 Å². The van der Waals surface area contributed by atoms with Gasteiger partial charge in [-0.2, -0.15) is 0 Å². The summed E-state index contributed by atoms with van der Waals surface area (Å²) in [7, 11) is 0. The van der Waals surface area contributed by atoms with Gasteiger partial charge in [-0.1, -0.05) is 11.6 Å². The molecule has 1 aromatic heterocycles. The summed E-state index contributed by atoms with van der Waals surface area (Å²) in [5, 5.41) is 4.47. The van der Waals surface area contributed by atoms with Crippen LogP contribution >= 0.6 is 34.7 Å². The van der Waals surface area contributed by atoms with E-state index in [-0.39, 0.29) is 5.91 Å². The molecule has 0 aliphatic heterocycles. The van der Waals surface area contributed by atoms with E-state index in [1.807, 2.05) is 24.3 Å². The van der Waals surface area contributed by atoms with Gasteiger partial charge in [-0.25, -0.2) is 4.98 Å². The summed E-state index contributed by atoms with van der Waals surface area (Å²) >= 11 is 9.25. The number of halogens is 1. The van der Waals surface area contributed by atoms with E-state index >= 15 is 0 Å². The molecule has 23 heavy (non-hydrogen) atoms. The number of carbonyl (C=O) groups is 1. The van der Waals surface area contributed by atoms with Crippen molar-refractivity contribution in [2.75, 3.05) is 11.1 Å². The van der Waals surface area contributed by atoms with Crippen molar-refractivity contribution in [3.63, 3.8) is 0 Å². The minimum absolute atomic E-state index is 0.0628. The molecule has 1 aliphatic rings. The normalized spacial score (nSPS) is 13.6. The first-order valence-electron chi connectivity index (χ1n) is 7.87. The molecule has 0 atom stereocenters. The molecule has 0 radical (unpaired) electrons. The highest BCUT2D eigenvalue weighted by atomic mass is 35.5. The van der Waals surface area contributed by atoms with Crippen LogP contribution in [0.3, 0.4) is 0 Å². The van der Waals surface area contributed by atoms with E-state index in [4.69, 9.17) is 11.6 Å². The zero-order chi connectivity index (χ0) is 16.1. The summed E-state index contributed by atoms with van der Waals surface area (Å²) < 4.78 is 0. The molecule has 0 fully saturated rings. The molecule has 0 bridgehead atoms. The highest BCUT2D eigenvalue weighted by Crippen LogP contribution is 2.29. The predicted octanol–water partition coefficient (Wildman–Crippen LogP) is 5.19. The summed E-state index contributed by atoms with van der Waals surface area (Å²) in [4.78, 5) is 19.1. The molecule has 0 spiro atoms. The third-order valence-corrected chi connectivity index (χ3v) is 6.15. The second kappa shape index (κ2) is 8.18. The summed E-state index contributed by atoms with van der Waals surface area (Å²) in [6, 6.07) is 7.79. The second-order valence-corrected chi connectivity index (χ2v) is 8.24. The first kappa shape index (κ1) is 16.8. The lowest BCUT2D eigenvalue weighted by Crippen LogP contribution is -2.11. The Balaban J connectivity index is 1.39. The molecule has 1 aliphatic carbocycles. The van der Waals surface area contributed by atoms with Crippen LogP contribution in [0.1, 0.15) is 36.3 Å². The SMILES string of the molecule is O=C(CCCSc1ccc(Cl)cc1)Nc1nc2c(s1)CCCC2. The van der Waals surface area contributed by atoms with Crippen molar-refractivity contribution < 1.29 is 4.79 Å². The average Bonchev–Trinajstić information content (AvgIpc) is 2.95. The molecule has 2 aromatic rings. The third kappa shape index (κ3) is 4.96. The van der Waals surface area contributed by atoms with E-state index in [9.17, 15) is 4.79 Å². The number of nitrogens with zero attached hydrogens (tertiary/aromatic N) is 1. The van der Waals surface area contributed by atoms with Crippen LogP contribution in [0.5, 0.6) is 0 Å². The van der Waals surface area contributed by atoms with Crippen molar-refractivity contribution in [2.24, 2.45) is 0 Å². The van der Waals surface area contributed by atoms with Crippen LogP contribution in [0.15, 0.2) is 29.2 Å². The molecule has 122 valence electrons. The molecule has 1 aromatic carbocycles. The Hall–Kier alpha value is -1.04. The number of amides is 1. The van der Waals surface area contributed by atoms with E-state index in [1.165, 1.54) is 28.3 Å². The van der Waals surface area contributed by atoms with Crippen molar-refractivity contribution in [2.45, 2.75) is 43.4 Å². The summed E-state index contributed by atoms with van der Waals surface area (Å²) in [6.07, 6.45) is 6.01. The van der Waals surface area contributed by atoms with Gasteiger partial charge >= 0.3 is 0 Å². The Labute approximate surface area is 149 Å². The van der Waals surface area contributed by atoms with Crippen LogP contribution in [0, 0.1) is 0 Å². The molecular weight excluding hydrogens is 348 g/mol. The quantitative estimate of drug-likeness (QED) is 0.565. The van der Waals surface area contributed by atoms with Crippen molar-refractivity contribution in [1.82, 2.24) is 4.98 Å². The van der Waals surface area contributed by atoms with Crippen molar-refractivity contribution in [1.29, 1.82) is 0 Å². The summed E-state index contributed by atoms with van der Waals surface area (Å²) in [5.41, 5.74) is 1.19. The minimum atomic E-state index is 0.0628. The number of hydrogen-bond donors (Lipinski definition) is 1. The lowest BCUT2D eigenvalue weighted by molar-refractivity contribution is -0.116. The fraction of sp³-hybridized carbons (Fsp3) is 0.412. The van der Waals surface area contributed by atoms with E-state index in [0.29, 0.717) is 6.42 Å². The number of nitrogens with one attached hydrogen (secondary N) is 1. The van der Waals surface area contributed by atoms with E-state index in [1.54, 1.807) is 23.1 Å². The zero-order valence-corrected chi connectivity index (χ0v) is 15.2. The average molecular weight is 367 g/mol. The van der Waals surface area contributed by atoms with E-state index < -0.39 is 0 Å². The number of rotatable bonds is 6. The first-order valence-corrected chi connectivity index (χ1v) is 10.1. The second-order valence-electron chi connectivity index (χ2n) is 5.55. The monoisotopic (exact) mass is 366 g/mol. The molecule has 1 N–H and O–H groups in total. The van der Waals surface area contributed by atoms with Crippen molar-refractivity contribution >= 4 is 45.7 Å². The zero-order valence-electron chi connectivity index (χ0n) is 12.8. The molecule has 1 heterocycles. The van der Waals surface area contributed by atoms with Gasteiger partial charge in [-0.05, 0) is 62.1 Å². The Kier molecular flexibility index (Phi) is 5.97. The lowest BCUT2D eigenvalue weighted by atomic mass is 10.0. The Morgan fingerprint density at radius 2 is 2.04 bits per heavy atom. The highest BCUT2D eigenvalue weighted by molar-refractivity contribution is 7.99. The fourth-order valence-corrected chi connectivity index (χ4v) is 4.59. The van der Waals surface area contributed by atoms with Crippen LogP contribution in [0.25, 0.3) is 0 Å². The fourth-order valence-electron chi connectivity index (χ4n) is 2.54. The third-order valence-electron chi connectivity index (χ3n) is 3.72. The maximum absolute atomic E-state index is 12.0. The topological polar surface area (TPSA) is 42.0 Å². The van der Waals surface area contributed by atoms with Crippen molar-refractivity contribution in [3.05, 3.63) is 39.9 Å². The number of carbonyl (C=O) groups excluding carboxylic acids is 1. The highest BCUT2D eigenvalue weighted by Gasteiger charge is 2.16. The van der Waals surface area contributed by atoms with Gasteiger partial charge in [-0.15, -0.1) is 23.1 Å². The molecule has 0 saturated heterocycles. The van der Waals surface area contributed by atoms with Crippen LogP contribution in [0.4, 0.5) is 5.13 Å². The molecule has 6 heteroatoms. The van der Waals surface area contributed by atoms with Crippen LogP contribution in [-0.2, 0) is 17.6 Å². The predicted molar refractivity (Wildman–Crippen MR) is 98.8 cm³/mol. The molecule has 3 rings (SSSR count). The number of aromatic nitrogens is 1. The standard InChI is InChI=1S/C17H19ClN2OS2/c18-12-7-9-13(10-8-12)22-11-3-6-16(21)20-17-19-14-4-1-2-5-15(14)23-17/h7-10H,1-6,11H2,(H,19,20,21). The minimum Gasteiger partial charge on any atom is -0.302 e. The van der Waals surface area contributed by atoms with E-state index in [0.717, 1.165) is 35.2 Å². The maximum atomic E-state index is 12.0. The number of aryl methyl sites for hydroxylation is 2. The molecule has 1 amide bonds. The van der Waals surface area contributed by atoms with Gasteiger partial charge in [-0.3, -0.25) is 4.79 Å².